The third-order valence-electron chi connectivity index (χ3n) is 7.89. The lowest BCUT2D eigenvalue weighted by Gasteiger charge is -2.30. The minimum absolute atomic E-state index is 0.0646. The predicted octanol–water partition coefficient (Wildman–Crippen LogP) is 8.28. The van der Waals surface area contributed by atoms with E-state index in [9.17, 15) is 4.79 Å². The van der Waals surface area contributed by atoms with Gasteiger partial charge in [-0.1, -0.05) is 89.9 Å². The van der Waals surface area contributed by atoms with Gasteiger partial charge in [-0.3, -0.25) is 0 Å². The van der Waals surface area contributed by atoms with E-state index in [1.165, 1.54) is 23.7 Å². The van der Waals surface area contributed by atoms with Crippen molar-refractivity contribution in [2.45, 2.75) is 75.6 Å². The number of ether oxygens (including phenoxy) is 2. The smallest absolute Gasteiger partial charge is 0.338 e. The van der Waals surface area contributed by atoms with Gasteiger partial charge >= 0.3 is 5.97 Å². The first-order chi connectivity index (χ1) is 20.9. The number of thioether (sulfide) groups is 1. The van der Waals surface area contributed by atoms with E-state index in [4.69, 9.17) is 31.2 Å². The van der Waals surface area contributed by atoms with Crippen molar-refractivity contribution in [3.05, 3.63) is 111 Å². The molecule has 4 aromatic rings. The summed E-state index contributed by atoms with van der Waals surface area (Å²) >= 11 is 7.89. The quantitative estimate of drug-likeness (QED) is 0.150. The van der Waals surface area contributed by atoms with Crippen LogP contribution in [0.15, 0.2) is 89.2 Å². The summed E-state index contributed by atoms with van der Waals surface area (Å²) in [6.45, 7) is 4.41. The van der Waals surface area contributed by atoms with Crippen LogP contribution in [0.2, 0.25) is 5.02 Å². The van der Waals surface area contributed by atoms with Crippen LogP contribution in [0.1, 0.15) is 67.3 Å². The predicted molar refractivity (Wildman–Crippen MR) is 170 cm³/mol. The molecule has 1 N–H and O–H groups in total. The van der Waals surface area contributed by atoms with Gasteiger partial charge in [-0.15, -0.1) is 5.10 Å². The SMILES string of the molecule is CC1=C(C(=O)OC2CCCCC2)C(c2cccc(OCc3ccc(C)cc3)c2)n2nc(SCc3ccccc3Cl)nc2N1. The van der Waals surface area contributed by atoms with Crippen LogP contribution in [0, 0.1) is 6.92 Å². The highest BCUT2D eigenvalue weighted by Crippen LogP contribution is 2.39. The topological polar surface area (TPSA) is 78.3 Å². The molecule has 6 rings (SSSR count). The summed E-state index contributed by atoms with van der Waals surface area (Å²) in [7, 11) is 0. The van der Waals surface area contributed by atoms with Gasteiger partial charge in [-0.25, -0.2) is 9.48 Å². The summed E-state index contributed by atoms with van der Waals surface area (Å²) < 4.78 is 14.1. The number of nitrogens with one attached hydrogen (secondary N) is 1. The molecule has 2 heterocycles. The minimum Gasteiger partial charge on any atom is -0.489 e. The summed E-state index contributed by atoms with van der Waals surface area (Å²) in [5.41, 5.74) is 5.41. The molecule has 1 aromatic heterocycles. The Hall–Kier alpha value is -3.75. The molecule has 7 nitrogen and oxygen atoms in total. The first-order valence-electron chi connectivity index (χ1n) is 14.7. The van der Waals surface area contributed by atoms with Crippen molar-refractivity contribution >= 4 is 35.3 Å². The molecule has 222 valence electrons. The molecule has 1 aliphatic heterocycles. The first-order valence-corrected chi connectivity index (χ1v) is 16.1. The molecule has 3 aromatic carbocycles. The summed E-state index contributed by atoms with van der Waals surface area (Å²) in [6.07, 6.45) is 5.08. The van der Waals surface area contributed by atoms with Gasteiger partial charge in [0.05, 0.1) is 5.57 Å². The van der Waals surface area contributed by atoms with Crippen molar-refractivity contribution in [3.63, 3.8) is 0 Å². The van der Waals surface area contributed by atoms with Gasteiger partial charge in [0.2, 0.25) is 11.1 Å². The Morgan fingerprint density at radius 2 is 1.81 bits per heavy atom. The van der Waals surface area contributed by atoms with E-state index in [0.29, 0.717) is 45.5 Å². The highest BCUT2D eigenvalue weighted by molar-refractivity contribution is 7.98. The molecule has 0 bridgehead atoms. The van der Waals surface area contributed by atoms with Gasteiger partial charge in [-0.05, 0) is 74.4 Å². The van der Waals surface area contributed by atoms with Crippen LogP contribution >= 0.6 is 23.4 Å². The maximum absolute atomic E-state index is 13.8. The number of benzene rings is 3. The fourth-order valence-electron chi connectivity index (χ4n) is 5.55. The second-order valence-electron chi connectivity index (χ2n) is 11.1. The number of rotatable bonds is 9. The lowest BCUT2D eigenvalue weighted by molar-refractivity contribution is -0.146. The van der Waals surface area contributed by atoms with Crippen molar-refractivity contribution in [1.29, 1.82) is 0 Å². The second-order valence-corrected chi connectivity index (χ2v) is 12.5. The molecule has 1 unspecified atom stereocenters. The summed E-state index contributed by atoms with van der Waals surface area (Å²) in [4.78, 5) is 18.6. The third-order valence-corrected chi connectivity index (χ3v) is 9.15. The lowest BCUT2D eigenvalue weighted by atomic mass is 9.94. The molecule has 0 saturated heterocycles. The van der Waals surface area contributed by atoms with Crippen LogP contribution in [0.4, 0.5) is 5.95 Å². The lowest BCUT2D eigenvalue weighted by Crippen LogP contribution is -2.32. The summed E-state index contributed by atoms with van der Waals surface area (Å²) in [5.74, 6) is 1.59. The molecular formula is C34H35ClN4O3S. The minimum atomic E-state index is -0.530. The number of allylic oxidation sites excluding steroid dienone is 1. The average molecular weight is 615 g/mol. The molecule has 9 heteroatoms. The molecule has 0 radical (unpaired) electrons. The largest absolute Gasteiger partial charge is 0.489 e. The van der Waals surface area contributed by atoms with Crippen LogP contribution < -0.4 is 10.1 Å². The Morgan fingerprint density at radius 3 is 2.60 bits per heavy atom. The summed E-state index contributed by atoms with van der Waals surface area (Å²) in [6, 6.07) is 23.4. The highest BCUT2D eigenvalue weighted by Gasteiger charge is 2.36. The Bertz CT molecular complexity index is 1630. The van der Waals surface area contributed by atoms with E-state index >= 15 is 0 Å². The van der Waals surface area contributed by atoms with Crippen LogP contribution in [0.3, 0.4) is 0 Å². The summed E-state index contributed by atoms with van der Waals surface area (Å²) in [5, 5.41) is 9.50. The maximum atomic E-state index is 13.8. The van der Waals surface area contributed by atoms with Crippen LogP contribution in [0.5, 0.6) is 5.75 Å². The molecule has 0 amide bonds. The van der Waals surface area contributed by atoms with E-state index < -0.39 is 6.04 Å². The van der Waals surface area contributed by atoms with Gasteiger partial charge in [0.15, 0.2) is 0 Å². The van der Waals surface area contributed by atoms with Gasteiger partial charge in [0, 0.05) is 16.5 Å². The van der Waals surface area contributed by atoms with Crippen LogP contribution in [0.25, 0.3) is 0 Å². The van der Waals surface area contributed by atoms with Crippen LogP contribution in [-0.2, 0) is 21.9 Å². The van der Waals surface area contributed by atoms with Crippen molar-refractivity contribution in [2.24, 2.45) is 0 Å². The van der Waals surface area contributed by atoms with Crippen LogP contribution in [-0.4, -0.2) is 26.8 Å². The number of carbonyl (C=O) groups excluding carboxylic acids is 1. The maximum Gasteiger partial charge on any atom is 0.338 e. The normalized spacial score (nSPS) is 16.9. The molecule has 1 atom stereocenters. The number of carbonyl (C=O) groups is 1. The van der Waals surface area contributed by atoms with E-state index in [1.54, 1.807) is 4.68 Å². The fourth-order valence-corrected chi connectivity index (χ4v) is 6.66. The zero-order valence-corrected chi connectivity index (χ0v) is 26.0. The molecule has 0 spiro atoms. The number of hydrogen-bond donors (Lipinski definition) is 1. The molecule has 1 aliphatic carbocycles. The standard InChI is InChI=1S/C34H35ClN4O3S/c1-22-15-17-24(18-16-22)20-41-28-13-8-10-25(19-28)31-30(32(40)42-27-11-4-3-5-12-27)23(2)36-33-37-34(38-39(31)33)43-21-26-9-6-7-14-29(26)35/h6-10,13-19,27,31H,3-5,11-12,20-21H2,1-2H3,(H,36,37,38). The average Bonchev–Trinajstić information content (AvgIpc) is 3.42. The number of aromatic nitrogens is 3. The van der Waals surface area contributed by atoms with Gasteiger partial charge in [0.25, 0.3) is 0 Å². The van der Waals surface area contributed by atoms with Crippen molar-refractivity contribution in [3.8, 4) is 5.75 Å². The first kappa shape index (κ1) is 29.3. The monoisotopic (exact) mass is 614 g/mol. The molecule has 43 heavy (non-hydrogen) atoms. The number of anilines is 1. The Kier molecular flexibility index (Phi) is 9.05. The molecule has 1 fully saturated rings. The number of fused-ring (bicyclic) bond motifs is 1. The Balaban J connectivity index is 1.30. The highest BCUT2D eigenvalue weighted by atomic mass is 35.5. The number of nitrogens with zero attached hydrogens (tertiary/aromatic N) is 3. The second kappa shape index (κ2) is 13.3. The number of aryl methyl sites for hydroxylation is 1. The number of halogens is 1. The Morgan fingerprint density at radius 1 is 1.02 bits per heavy atom. The van der Waals surface area contributed by atoms with E-state index in [1.807, 2.05) is 55.5 Å². The third kappa shape index (κ3) is 6.92. The molecule has 2 aliphatic rings. The van der Waals surface area contributed by atoms with Crippen molar-refractivity contribution < 1.29 is 14.3 Å². The van der Waals surface area contributed by atoms with Crippen molar-refractivity contribution in [2.75, 3.05) is 5.32 Å². The Labute approximate surface area is 261 Å². The van der Waals surface area contributed by atoms with E-state index in [-0.39, 0.29) is 12.1 Å². The zero-order chi connectivity index (χ0) is 29.8. The van der Waals surface area contributed by atoms with Gasteiger partial charge in [0.1, 0.15) is 24.5 Å². The van der Waals surface area contributed by atoms with Gasteiger partial charge in [-0.2, -0.15) is 4.98 Å². The molecular weight excluding hydrogens is 580 g/mol. The van der Waals surface area contributed by atoms with E-state index in [2.05, 4.69) is 36.5 Å². The zero-order valence-electron chi connectivity index (χ0n) is 24.4. The number of esters is 1. The van der Waals surface area contributed by atoms with Crippen molar-refractivity contribution in [1.82, 2.24) is 14.8 Å². The number of hydrogen-bond acceptors (Lipinski definition) is 7. The van der Waals surface area contributed by atoms with Gasteiger partial charge < -0.3 is 14.8 Å². The fraction of sp³-hybridized carbons (Fsp3) is 0.324. The van der Waals surface area contributed by atoms with E-state index in [0.717, 1.165) is 42.4 Å². The molecule has 1 saturated carbocycles.